The molecule has 0 aliphatic carbocycles. The Hall–Kier alpha value is -1.51. The maximum atomic E-state index is 12.5. The van der Waals surface area contributed by atoms with E-state index in [2.05, 4.69) is 0 Å². The number of carbonyl (C=O) groups excluding carboxylic acids is 2. The number of ether oxygens (including phenoxy) is 1. The predicted molar refractivity (Wildman–Crippen MR) is 93.7 cm³/mol. The number of esters is 1. The van der Waals surface area contributed by atoms with Gasteiger partial charge in [-0.25, -0.2) is 4.79 Å². The first kappa shape index (κ1) is 18.3. The standard InChI is InChI=1S/C15H14Cl2N2O5S/c1-15(17)7-25-13-10(16)12(20)18(13)11(15)14(21)24-6-8-2-4-9(5-3-8)19(22)23/h2-5,10-11,13H,6-7H2,1H3. The van der Waals surface area contributed by atoms with Crippen LogP contribution in [0.3, 0.4) is 0 Å². The molecule has 4 atom stereocenters. The topological polar surface area (TPSA) is 89.8 Å². The van der Waals surface area contributed by atoms with Crippen LogP contribution in [0.5, 0.6) is 0 Å². The number of nitro groups is 1. The Bertz CT molecular complexity index is 727. The summed E-state index contributed by atoms with van der Waals surface area (Å²) >= 11 is 13.9. The van der Waals surface area contributed by atoms with Gasteiger partial charge in [-0.1, -0.05) is 0 Å². The average molecular weight is 405 g/mol. The van der Waals surface area contributed by atoms with E-state index in [4.69, 9.17) is 27.9 Å². The van der Waals surface area contributed by atoms with Crippen LogP contribution in [0.2, 0.25) is 0 Å². The molecule has 2 heterocycles. The number of carbonyl (C=O) groups is 2. The molecule has 0 saturated carbocycles. The zero-order chi connectivity index (χ0) is 18.4. The third kappa shape index (κ3) is 3.30. The maximum Gasteiger partial charge on any atom is 0.331 e. The van der Waals surface area contributed by atoms with E-state index >= 15 is 0 Å². The number of nitro benzene ring substituents is 1. The molecule has 7 nitrogen and oxygen atoms in total. The van der Waals surface area contributed by atoms with Gasteiger partial charge in [0.2, 0.25) is 5.91 Å². The highest BCUT2D eigenvalue weighted by atomic mass is 35.5. The van der Waals surface area contributed by atoms with Gasteiger partial charge in [0.25, 0.3) is 5.69 Å². The van der Waals surface area contributed by atoms with Crippen molar-refractivity contribution in [2.75, 3.05) is 5.75 Å². The summed E-state index contributed by atoms with van der Waals surface area (Å²) in [5.74, 6) is -0.482. The van der Waals surface area contributed by atoms with E-state index in [0.717, 1.165) is 0 Å². The molecule has 3 rings (SSSR count). The Morgan fingerprint density at radius 1 is 1.48 bits per heavy atom. The van der Waals surface area contributed by atoms with Crippen molar-refractivity contribution in [1.29, 1.82) is 0 Å². The number of hydrogen-bond acceptors (Lipinski definition) is 6. The summed E-state index contributed by atoms with van der Waals surface area (Å²) in [6.07, 6.45) is 0. The van der Waals surface area contributed by atoms with Crippen molar-refractivity contribution < 1.29 is 19.2 Å². The number of fused-ring (bicyclic) bond motifs is 1. The number of halogens is 2. The third-order valence-corrected chi connectivity index (χ3v) is 6.83. The quantitative estimate of drug-likeness (QED) is 0.252. The fourth-order valence-electron chi connectivity index (χ4n) is 2.81. The Labute approximate surface area is 157 Å². The lowest BCUT2D eigenvalue weighted by atomic mass is 9.96. The van der Waals surface area contributed by atoms with Crippen molar-refractivity contribution in [1.82, 2.24) is 4.90 Å². The van der Waals surface area contributed by atoms with Crippen LogP contribution >= 0.6 is 35.0 Å². The van der Waals surface area contributed by atoms with Crippen LogP contribution in [-0.2, 0) is 20.9 Å². The summed E-state index contributed by atoms with van der Waals surface area (Å²) in [5.41, 5.74) is 0.553. The maximum absolute atomic E-state index is 12.5. The van der Waals surface area contributed by atoms with Crippen LogP contribution in [0.25, 0.3) is 0 Å². The molecular weight excluding hydrogens is 391 g/mol. The molecule has 0 radical (unpaired) electrons. The summed E-state index contributed by atoms with van der Waals surface area (Å²) in [7, 11) is 0. The largest absolute Gasteiger partial charge is 0.459 e. The molecule has 25 heavy (non-hydrogen) atoms. The van der Waals surface area contributed by atoms with Crippen LogP contribution < -0.4 is 0 Å². The first-order chi connectivity index (χ1) is 11.7. The van der Waals surface area contributed by atoms with Gasteiger partial charge >= 0.3 is 5.97 Å². The van der Waals surface area contributed by atoms with Gasteiger partial charge < -0.3 is 9.64 Å². The van der Waals surface area contributed by atoms with Crippen LogP contribution in [0.1, 0.15) is 12.5 Å². The highest BCUT2D eigenvalue weighted by Crippen LogP contribution is 2.46. The van der Waals surface area contributed by atoms with E-state index in [-0.39, 0.29) is 23.6 Å². The molecule has 2 fully saturated rings. The minimum absolute atomic E-state index is 0.0464. The molecule has 0 spiro atoms. The van der Waals surface area contributed by atoms with Gasteiger partial charge in [0.15, 0.2) is 6.04 Å². The molecule has 2 saturated heterocycles. The molecule has 4 unspecified atom stereocenters. The molecule has 0 aromatic heterocycles. The van der Waals surface area contributed by atoms with Crippen LogP contribution in [-0.4, -0.2) is 49.1 Å². The Morgan fingerprint density at radius 3 is 2.72 bits per heavy atom. The molecule has 10 heteroatoms. The predicted octanol–water partition coefficient (Wildman–Crippen LogP) is 2.53. The first-order valence-corrected chi connectivity index (χ1v) is 9.25. The molecule has 1 amide bonds. The van der Waals surface area contributed by atoms with Gasteiger partial charge in [-0.05, 0) is 24.6 Å². The smallest absolute Gasteiger partial charge is 0.331 e. The number of amides is 1. The average Bonchev–Trinajstić information content (AvgIpc) is 2.58. The molecule has 0 bridgehead atoms. The molecule has 1 aromatic rings. The number of rotatable bonds is 4. The van der Waals surface area contributed by atoms with E-state index in [1.807, 2.05) is 0 Å². The molecular formula is C15H14Cl2N2O5S. The lowest BCUT2D eigenvalue weighted by Gasteiger charge is -2.54. The number of thioether (sulfide) groups is 1. The van der Waals surface area contributed by atoms with Crippen molar-refractivity contribution in [3.8, 4) is 0 Å². The zero-order valence-corrected chi connectivity index (χ0v) is 15.4. The fraction of sp³-hybridized carbons (Fsp3) is 0.467. The highest BCUT2D eigenvalue weighted by molar-refractivity contribution is 8.00. The van der Waals surface area contributed by atoms with E-state index < -0.39 is 27.2 Å². The number of benzene rings is 1. The van der Waals surface area contributed by atoms with Crippen molar-refractivity contribution in [3.05, 3.63) is 39.9 Å². The summed E-state index contributed by atoms with van der Waals surface area (Å²) in [4.78, 5) is 35.1. The molecule has 2 aliphatic rings. The Balaban J connectivity index is 1.68. The number of alkyl halides is 2. The third-order valence-electron chi connectivity index (χ3n) is 4.15. The second-order valence-electron chi connectivity index (χ2n) is 6.06. The molecule has 0 N–H and O–H groups in total. The molecule has 1 aromatic carbocycles. The SMILES string of the molecule is CC1(Cl)CSC2C(Cl)C(=O)N2C1C(=O)OCc1ccc([N+](=O)[O-])cc1. The normalized spacial score (nSPS) is 31.1. The van der Waals surface area contributed by atoms with Crippen LogP contribution in [0, 0.1) is 10.1 Å². The zero-order valence-electron chi connectivity index (χ0n) is 13.1. The van der Waals surface area contributed by atoms with Gasteiger partial charge in [0.05, 0.1) is 9.80 Å². The minimum atomic E-state index is -0.958. The van der Waals surface area contributed by atoms with E-state index in [1.165, 1.54) is 40.9 Å². The monoisotopic (exact) mass is 404 g/mol. The molecule has 2 aliphatic heterocycles. The Morgan fingerprint density at radius 2 is 2.12 bits per heavy atom. The lowest BCUT2D eigenvalue weighted by Crippen LogP contribution is -2.73. The molecule has 134 valence electrons. The van der Waals surface area contributed by atoms with Crippen LogP contribution in [0.15, 0.2) is 24.3 Å². The first-order valence-electron chi connectivity index (χ1n) is 7.39. The van der Waals surface area contributed by atoms with Crippen molar-refractivity contribution in [2.45, 2.75) is 35.2 Å². The van der Waals surface area contributed by atoms with E-state index in [1.54, 1.807) is 6.92 Å². The summed E-state index contributed by atoms with van der Waals surface area (Å²) < 4.78 is 5.30. The number of nitrogens with zero attached hydrogens (tertiary/aromatic N) is 2. The van der Waals surface area contributed by atoms with Gasteiger partial charge in [-0.15, -0.1) is 35.0 Å². The fourth-order valence-corrected chi connectivity index (χ4v) is 4.97. The summed E-state index contributed by atoms with van der Waals surface area (Å²) in [5, 5.41) is 9.71. The highest BCUT2D eigenvalue weighted by Gasteiger charge is 2.60. The summed E-state index contributed by atoms with van der Waals surface area (Å²) in [6.45, 7) is 1.62. The van der Waals surface area contributed by atoms with Crippen molar-refractivity contribution in [2.24, 2.45) is 0 Å². The van der Waals surface area contributed by atoms with Crippen molar-refractivity contribution >= 4 is 52.5 Å². The number of non-ortho nitro benzene ring substituents is 1. The van der Waals surface area contributed by atoms with E-state index in [9.17, 15) is 19.7 Å². The number of β-lactam (4-membered cyclic amide) rings is 1. The number of hydrogen-bond donors (Lipinski definition) is 0. The van der Waals surface area contributed by atoms with Gasteiger partial charge in [0.1, 0.15) is 17.4 Å². The van der Waals surface area contributed by atoms with Crippen LogP contribution in [0.4, 0.5) is 5.69 Å². The van der Waals surface area contributed by atoms with Crippen molar-refractivity contribution in [3.63, 3.8) is 0 Å². The Kier molecular flexibility index (Phi) is 4.87. The van der Waals surface area contributed by atoms with Gasteiger partial charge in [-0.2, -0.15) is 0 Å². The second kappa shape index (κ2) is 6.66. The second-order valence-corrected chi connectivity index (χ2v) is 8.50. The lowest BCUT2D eigenvalue weighted by molar-refractivity contribution is -0.384. The summed E-state index contributed by atoms with van der Waals surface area (Å²) in [6, 6.07) is 4.77. The minimum Gasteiger partial charge on any atom is -0.459 e. The van der Waals surface area contributed by atoms with Gasteiger partial charge in [0, 0.05) is 17.9 Å². The van der Waals surface area contributed by atoms with Gasteiger partial charge in [-0.3, -0.25) is 14.9 Å². The van der Waals surface area contributed by atoms with E-state index in [0.29, 0.717) is 11.3 Å².